The summed E-state index contributed by atoms with van der Waals surface area (Å²) >= 11 is 0. The second kappa shape index (κ2) is 24.0. The van der Waals surface area contributed by atoms with Gasteiger partial charge in [0.05, 0.1) is 61.0 Å². The Morgan fingerprint density at radius 3 is 1.28 bits per heavy atom. The Bertz CT molecular complexity index is 2050. The molecular weight excluding hydrogens is 841 g/mol. The highest BCUT2D eigenvalue weighted by Crippen LogP contribution is 2.40. The first-order chi connectivity index (χ1) is 32.8. The summed E-state index contributed by atoms with van der Waals surface area (Å²) in [5.74, 6) is 4.27. The number of ether oxygens (including phenoxy) is 5. The lowest BCUT2D eigenvalue weighted by Crippen LogP contribution is -2.25. The van der Waals surface area contributed by atoms with Crippen LogP contribution in [0.3, 0.4) is 0 Å². The Kier molecular flexibility index (Phi) is 17.5. The fourth-order valence-electron chi connectivity index (χ4n) is 10.5. The zero-order chi connectivity index (χ0) is 46.5. The lowest BCUT2D eigenvalue weighted by atomic mass is 9.80. The highest BCUT2D eigenvalue weighted by Gasteiger charge is 2.40. The van der Waals surface area contributed by atoms with Crippen molar-refractivity contribution in [1.29, 1.82) is 0 Å². The van der Waals surface area contributed by atoms with Crippen LogP contribution in [-0.2, 0) is 31.9 Å². The minimum absolute atomic E-state index is 0.0678. The molecule has 11 nitrogen and oxygen atoms in total. The second-order valence-corrected chi connectivity index (χ2v) is 19.9. The average Bonchev–Trinajstić information content (AvgIpc) is 4.28. The molecule has 67 heavy (non-hydrogen) atoms. The van der Waals surface area contributed by atoms with Crippen LogP contribution in [0.15, 0.2) is 61.2 Å². The van der Waals surface area contributed by atoms with Crippen LogP contribution in [0.4, 0.5) is 0 Å². The van der Waals surface area contributed by atoms with Crippen molar-refractivity contribution in [2.45, 2.75) is 193 Å². The fraction of sp³-hybridized carbons (Fsp3) is 0.607. The molecule has 2 aromatic carbocycles. The van der Waals surface area contributed by atoms with Crippen molar-refractivity contribution in [1.82, 2.24) is 19.9 Å². The second-order valence-electron chi connectivity index (χ2n) is 19.9. The van der Waals surface area contributed by atoms with Crippen LogP contribution >= 0.6 is 0 Å². The molecule has 4 aromatic rings. The van der Waals surface area contributed by atoms with Gasteiger partial charge >= 0.3 is 11.9 Å². The largest absolute Gasteiger partial charge is 0.457 e. The predicted molar refractivity (Wildman–Crippen MR) is 260 cm³/mol. The van der Waals surface area contributed by atoms with Crippen molar-refractivity contribution in [3.8, 4) is 45.8 Å². The topological polar surface area (TPSA) is 138 Å². The zero-order valence-electron chi connectivity index (χ0n) is 40.6. The summed E-state index contributed by atoms with van der Waals surface area (Å²) in [6, 6.07) is 12.1. The van der Waals surface area contributed by atoms with E-state index in [0.717, 1.165) is 123 Å². The van der Waals surface area contributed by atoms with Gasteiger partial charge in [0.2, 0.25) is 0 Å². The maximum atomic E-state index is 13.1. The Hall–Kier alpha value is -4.74. The number of benzene rings is 2. The van der Waals surface area contributed by atoms with Gasteiger partial charge in [-0.1, -0.05) is 91.9 Å². The highest BCUT2D eigenvalue weighted by atomic mass is 16.6. The first kappa shape index (κ1) is 48.7. The van der Waals surface area contributed by atoms with E-state index in [1.807, 2.05) is 24.3 Å². The van der Waals surface area contributed by atoms with Gasteiger partial charge < -0.3 is 23.7 Å². The normalized spacial score (nSPS) is 24.5. The van der Waals surface area contributed by atoms with Crippen molar-refractivity contribution in [2.24, 2.45) is 23.7 Å². The first-order valence-electron chi connectivity index (χ1n) is 26.1. The van der Waals surface area contributed by atoms with Crippen LogP contribution in [0.1, 0.15) is 167 Å². The van der Waals surface area contributed by atoms with E-state index in [0.29, 0.717) is 36.0 Å². The van der Waals surface area contributed by atoms with Crippen LogP contribution in [0, 0.1) is 23.7 Å². The van der Waals surface area contributed by atoms with Crippen molar-refractivity contribution in [3.05, 3.63) is 72.3 Å². The molecular formula is C56H74N4O7. The number of aromatic nitrogens is 4. The van der Waals surface area contributed by atoms with E-state index in [4.69, 9.17) is 23.7 Å². The van der Waals surface area contributed by atoms with Gasteiger partial charge in [0.25, 0.3) is 0 Å². The van der Waals surface area contributed by atoms with E-state index < -0.39 is 0 Å². The van der Waals surface area contributed by atoms with Gasteiger partial charge in [-0.3, -0.25) is 9.59 Å². The molecule has 2 aliphatic carbocycles. The molecule has 4 aliphatic rings. The van der Waals surface area contributed by atoms with Crippen LogP contribution in [0.25, 0.3) is 22.8 Å². The van der Waals surface area contributed by atoms with Gasteiger partial charge in [0, 0.05) is 24.0 Å². The number of nitrogens with zero attached hydrogens (tertiary/aromatic N) is 4. The highest BCUT2D eigenvalue weighted by molar-refractivity contribution is 5.75. The van der Waals surface area contributed by atoms with Crippen LogP contribution < -0.4 is 14.2 Å². The molecule has 11 heteroatoms. The summed E-state index contributed by atoms with van der Waals surface area (Å²) < 4.78 is 30.7. The Balaban J connectivity index is 0.945. The Morgan fingerprint density at radius 2 is 0.910 bits per heavy atom. The molecule has 2 aliphatic heterocycles. The van der Waals surface area contributed by atoms with Crippen molar-refractivity contribution in [2.75, 3.05) is 0 Å². The first-order valence-corrected chi connectivity index (χ1v) is 26.1. The third-order valence-electron chi connectivity index (χ3n) is 14.7. The van der Waals surface area contributed by atoms with Gasteiger partial charge in [-0.15, -0.1) is 0 Å². The van der Waals surface area contributed by atoms with Crippen LogP contribution in [-0.4, -0.2) is 56.3 Å². The summed E-state index contributed by atoms with van der Waals surface area (Å²) in [6.45, 7) is 8.85. The van der Waals surface area contributed by atoms with E-state index in [2.05, 4.69) is 59.8 Å². The lowest BCUT2D eigenvalue weighted by molar-refractivity contribution is -0.141. The molecule has 2 saturated carbocycles. The molecule has 2 saturated heterocycles. The molecule has 2 aromatic heterocycles. The van der Waals surface area contributed by atoms with Gasteiger partial charge in [-0.05, 0) is 124 Å². The zero-order valence-corrected chi connectivity index (χ0v) is 40.6. The molecule has 0 bridgehead atoms. The van der Waals surface area contributed by atoms with Crippen molar-refractivity contribution < 1.29 is 33.3 Å². The summed E-state index contributed by atoms with van der Waals surface area (Å²) in [5, 5.41) is 0. The monoisotopic (exact) mass is 915 g/mol. The number of rotatable bonds is 24. The van der Waals surface area contributed by atoms with Crippen molar-refractivity contribution in [3.63, 3.8) is 0 Å². The minimum Gasteiger partial charge on any atom is -0.457 e. The van der Waals surface area contributed by atoms with Gasteiger partial charge in [0.15, 0.2) is 23.1 Å². The molecule has 4 fully saturated rings. The molecule has 4 atom stereocenters. The maximum Gasteiger partial charge on any atom is 0.314 e. The fourth-order valence-corrected chi connectivity index (χ4v) is 10.5. The SMILES string of the molecule is CCCCCC1CCC(C(=O)Oc2cnc(-c3ccc(Oc4ccc(-c5ncc(OC(=O)C6CCC(CCCCC)CC6)cn5)cc4C[C@@H]4O[C@H]4CCC)c(C[C@@H]4O[C@H]4CCC)c3)nc2)CC1. The standard InChI is InChI=1S/C56H74N4O7/c1-5-9-11-15-37-17-21-39(22-18-37)55(61)63-45-33-57-53(58-34-45)41-25-27-47(43(29-41)31-51-49(66-51)13-7-3)65-48-28-26-42(30-44(48)32-52-50(67-52)14-8-4)54-59-35-46(36-60-54)64-56(62)40-23-19-38(20-24-40)16-12-10-6-2/h25-30,33-40,49-52H,5-24,31-32H2,1-4H3/t37?,38?,39?,40?,49-,50-,51-,52-/m0/s1. The quantitative estimate of drug-likeness (QED) is 0.0377. The lowest BCUT2D eigenvalue weighted by Gasteiger charge is -2.27. The minimum atomic E-state index is -0.177. The third-order valence-corrected chi connectivity index (χ3v) is 14.7. The van der Waals surface area contributed by atoms with Gasteiger partial charge in [-0.2, -0.15) is 0 Å². The number of carbonyl (C=O) groups is 2. The maximum absolute atomic E-state index is 13.1. The van der Waals surface area contributed by atoms with E-state index in [1.54, 1.807) is 24.8 Å². The summed E-state index contributed by atoms with van der Waals surface area (Å²) in [6.07, 6.45) is 30.7. The number of epoxide rings is 2. The average molecular weight is 915 g/mol. The number of unbranched alkanes of at least 4 members (excludes halogenated alkanes) is 4. The number of hydrogen-bond acceptors (Lipinski definition) is 11. The molecule has 360 valence electrons. The number of esters is 2. The molecule has 8 rings (SSSR count). The van der Waals surface area contributed by atoms with E-state index in [-0.39, 0.29) is 48.2 Å². The summed E-state index contributed by atoms with van der Waals surface area (Å²) in [5.41, 5.74) is 3.69. The predicted octanol–water partition coefficient (Wildman–Crippen LogP) is 13.2. The molecule has 4 heterocycles. The van der Waals surface area contributed by atoms with Gasteiger partial charge in [-0.25, -0.2) is 19.9 Å². The van der Waals surface area contributed by atoms with E-state index in [1.165, 1.54) is 51.4 Å². The van der Waals surface area contributed by atoms with Crippen molar-refractivity contribution >= 4 is 11.9 Å². The molecule has 0 spiro atoms. The molecule has 0 unspecified atom stereocenters. The smallest absolute Gasteiger partial charge is 0.314 e. The summed E-state index contributed by atoms with van der Waals surface area (Å²) in [7, 11) is 0. The van der Waals surface area contributed by atoms with Crippen LogP contribution in [0.5, 0.6) is 23.0 Å². The van der Waals surface area contributed by atoms with E-state index >= 15 is 0 Å². The third kappa shape index (κ3) is 13.7. The Morgan fingerprint density at radius 1 is 0.507 bits per heavy atom. The van der Waals surface area contributed by atoms with Gasteiger partial charge in [0.1, 0.15) is 11.5 Å². The molecule has 0 N–H and O–H groups in total. The molecule has 0 radical (unpaired) electrons. The molecule has 0 amide bonds. The number of carbonyl (C=O) groups excluding carboxylic acids is 2. The Labute approximate surface area is 398 Å². The summed E-state index contributed by atoms with van der Waals surface area (Å²) in [4.78, 5) is 44.8. The van der Waals surface area contributed by atoms with Crippen LogP contribution in [0.2, 0.25) is 0 Å². The van der Waals surface area contributed by atoms with E-state index in [9.17, 15) is 9.59 Å². The number of hydrogen-bond donors (Lipinski definition) is 0.